The molecule has 1 atom stereocenters. The highest BCUT2D eigenvalue weighted by molar-refractivity contribution is 5.79. The fourth-order valence-electron chi connectivity index (χ4n) is 3.55. The van der Waals surface area contributed by atoms with Gasteiger partial charge in [-0.05, 0) is 49.9 Å². The zero-order valence-corrected chi connectivity index (χ0v) is 16.8. The predicted molar refractivity (Wildman–Crippen MR) is 106 cm³/mol. The smallest absolute Gasteiger partial charge is 0.235 e. The summed E-state index contributed by atoms with van der Waals surface area (Å²) in [6.07, 6.45) is 2.06. The monoisotopic (exact) mass is 386 g/mol. The molecule has 0 aromatic heterocycles. The van der Waals surface area contributed by atoms with E-state index in [1.54, 1.807) is 7.11 Å². The third-order valence-electron chi connectivity index (χ3n) is 5.59. The van der Waals surface area contributed by atoms with Crippen LogP contribution in [-0.4, -0.2) is 74.2 Å². The fraction of sp³-hybridized carbons (Fsp3) is 0.619. The highest BCUT2D eigenvalue weighted by Gasteiger charge is 2.43. The van der Waals surface area contributed by atoms with E-state index in [2.05, 4.69) is 21.2 Å². The first kappa shape index (κ1) is 20.4. The number of carbonyl (C=O) groups is 1. The van der Waals surface area contributed by atoms with Crippen LogP contribution < -0.4 is 14.8 Å². The molecule has 1 saturated heterocycles. The number of amides is 1. The topological polar surface area (TPSA) is 77.8 Å². The van der Waals surface area contributed by atoms with Crippen LogP contribution in [0, 0.1) is 17.2 Å². The van der Waals surface area contributed by atoms with Crippen molar-refractivity contribution in [2.24, 2.45) is 5.92 Å². The van der Waals surface area contributed by atoms with Crippen molar-refractivity contribution in [2.45, 2.75) is 25.3 Å². The molecular weight excluding hydrogens is 356 g/mol. The van der Waals surface area contributed by atoms with Crippen molar-refractivity contribution < 1.29 is 14.3 Å². The Labute approximate surface area is 167 Å². The zero-order valence-electron chi connectivity index (χ0n) is 16.8. The van der Waals surface area contributed by atoms with E-state index in [4.69, 9.17) is 9.47 Å². The molecule has 1 aromatic carbocycles. The molecule has 1 heterocycles. The Hall–Kier alpha value is -2.30. The van der Waals surface area contributed by atoms with Gasteiger partial charge in [-0.15, -0.1) is 0 Å². The fourth-order valence-corrected chi connectivity index (χ4v) is 3.55. The van der Waals surface area contributed by atoms with Crippen LogP contribution in [0.4, 0.5) is 0 Å². The summed E-state index contributed by atoms with van der Waals surface area (Å²) < 4.78 is 10.9. The minimum atomic E-state index is -0.711. The van der Waals surface area contributed by atoms with E-state index in [0.29, 0.717) is 19.1 Å². The van der Waals surface area contributed by atoms with Gasteiger partial charge in [0, 0.05) is 32.7 Å². The molecule has 0 spiro atoms. The number of piperazine rings is 1. The maximum absolute atomic E-state index is 12.3. The van der Waals surface area contributed by atoms with E-state index >= 15 is 0 Å². The van der Waals surface area contributed by atoms with E-state index in [1.165, 1.54) is 0 Å². The lowest BCUT2D eigenvalue weighted by Gasteiger charge is -2.34. The molecule has 0 radical (unpaired) electrons. The lowest BCUT2D eigenvalue weighted by molar-refractivity contribution is -0.124. The Morgan fingerprint density at radius 2 is 1.79 bits per heavy atom. The molecule has 7 nitrogen and oxygen atoms in total. The largest absolute Gasteiger partial charge is 0.497 e. The van der Waals surface area contributed by atoms with Crippen molar-refractivity contribution in [2.75, 3.05) is 53.0 Å². The predicted octanol–water partition coefficient (Wildman–Crippen LogP) is 1.50. The number of ether oxygens (including phenoxy) is 2. The molecular formula is C21H30N4O3. The maximum Gasteiger partial charge on any atom is 0.235 e. The summed E-state index contributed by atoms with van der Waals surface area (Å²) in [6, 6.07) is 9.87. The van der Waals surface area contributed by atoms with Gasteiger partial charge in [0.15, 0.2) is 0 Å². The number of nitrogens with one attached hydrogen (secondary N) is 1. The molecule has 3 rings (SSSR count). The van der Waals surface area contributed by atoms with Gasteiger partial charge in [0.1, 0.15) is 23.6 Å². The molecule has 0 unspecified atom stereocenters. The first-order valence-electron chi connectivity index (χ1n) is 9.96. The number of nitrogens with zero attached hydrogens (tertiary/aromatic N) is 3. The average molecular weight is 386 g/mol. The van der Waals surface area contributed by atoms with Crippen LogP contribution in [0.25, 0.3) is 0 Å². The van der Waals surface area contributed by atoms with Crippen LogP contribution in [0.3, 0.4) is 0 Å². The highest BCUT2D eigenvalue weighted by Crippen LogP contribution is 2.39. The van der Waals surface area contributed by atoms with Gasteiger partial charge in [-0.2, -0.15) is 5.26 Å². The summed E-state index contributed by atoms with van der Waals surface area (Å²) in [6.45, 7) is 7.22. The molecule has 1 aromatic rings. The normalized spacial score (nSPS) is 20.0. The third-order valence-corrected chi connectivity index (χ3v) is 5.59. The summed E-state index contributed by atoms with van der Waals surface area (Å²) in [7, 11) is 1.65. The van der Waals surface area contributed by atoms with E-state index < -0.39 is 5.54 Å². The molecule has 2 aliphatic rings. The van der Waals surface area contributed by atoms with Crippen molar-refractivity contribution in [3.05, 3.63) is 24.3 Å². The van der Waals surface area contributed by atoms with Gasteiger partial charge in [0.25, 0.3) is 0 Å². The Bertz CT molecular complexity index is 691. The molecule has 7 heteroatoms. The Balaban J connectivity index is 1.32. The Morgan fingerprint density at radius 1 is 1.18 bits per heavy atom. The standard InChI is InChI=1S/C21H30N4O3/c1-21(16-22,17-3-4-17)23-20(26)15-25-11-9-24(10-12-25)13-14-28-19-7-5-18(27-2)6-8-19/h5-8,17H,3-4,9-15H2,1-2H3,(H,23,26)/t21-/m1/s1. The van der Waals surface area contributed by atoms with Crippen molar-refractivity contribution in [3.8, 4) is 17.6 Å². The molecule has 1 saturated carbocycles. The van der Waals surface area contributed by atoms with Gasteiger partial charge < -0.3 is 14.8 Å². The average Bonchev–Trinajstić information content (AvgIpc) is 3.55. The quantitative estimate of drug-likeness (QED) is 0.693. The van der Waals surface area contributed by atoms with Gasteiger partial charge in [-0.25, -0.2) is 0 Å². The van der Waals surface area contributed by atoms with E-state index in [0.717, 1.165) is 57.1 Å². The molecule has 1 amide bonds. The summed E-state index contributed by atoms with van der Waals surface area (Å²) in [5.41, 5.74) is -0.711. The molecule has 1 N–H and O–H groups in total. The number of carbonyl (C=O) groups excluding carboxylic acids is 1. The Morgan fingerprint density at radius 3 is 2.36 bits per heavy atom. The van der Waals surface area contributed by atoms with Crippen molar-refractivity contribution in [1.82, 2.24) is 15.1 Å². The minimum absolute atomic E-state index is 0.0489. The van der Waals surface area contributed by atoms with Gasteiger partial charge in [-0.1, -0.05) is 0 Å². The number of hydrogen-bond acceptors (Lipinski definition) is 6. The van der Waals surface area contributed by atoms with Crippen LogP contribution in [-0.2, 0) is 4.79 Å². The summed E-state index contributed by atoms with van der Waals surface area (Å²) in [5, 5.41) is 12.3. The number of benzene rings is 1. The molecule has 152 valence electrons. The SMILES string of the molecule is COc1ccc(OCCN2CCN(CC(=O)N[C@](C)(C#N)C3CC3)CC2)cc1. The molecule has 1 aliphatic carbocycles. The second-order valence-corrected chi connectivity index (χ2v) is 7.78. The van der Waals surface area contributed by atoms with Crippen LogP contribution >= 0.6 is 0 Å². The van der Waals surface area contributed by atoms with Crippen LogP contribution in [0.5, 0.6) is 11.5 Å². The van der Waals surface area contributed by atoms with Gasteiger partial charge in [0.05, 0.1) is 19.7 Å². The summed E-state index contributed by atoms with van der Waals surface area (Å²) in [4.78, 5) is 16.8. The van der Waals surface area contributed by atoms with Crippen molar-refractivity contribution in [3.63, 3.8) is 0 Å². The Kier molecular flexibility index (Phi) is 6.76. The zero-order chi connectivity index (χ0) is 20.0. The van der Waals surface area contributed by atoms with Crippen molar-refractivity contribution >= 4 is 5.91 Å². The number of rotatable bonds is 9. The van der Waals surface area contributed by atoms with Crippen LogP contribution in [0.2, 0.25) is 0 Å². The molecule has 1 aliphatic heterocycles. The minimum Gasteiger partial charge on any atom is -0.497 e. The third kappa shape index (κ3) is 5.60. The van der Waals surface area contributed by atoms with E-state index in [9.17, 15) is 10.1 Å². The molecule has 0 bridgehead atoms. The van der Waals surface area contributed by atoms with Crippen LogP contribution in [0.1, 0.15) is 19.8 Å². The number of hydrogen-bond donors (Lipinski definition) is 1. The first-order chi connectivity index (χ1) is 13.5. The highest BCUT2D eigenvalue weighted by atomic mass is 16.5. The number of nitriles is 1. The molecule has 2 fully saturated rings. The molecule has 28 heavy (non-hydrogen) atoms. The van der Waals surface area contributed by atoms with Crippen molar-refractivity contribution in [1.29, 1.82) is 5.26 Å². The summed E-state index contributed by atoms with van der Waals surface area (Å²) in [5.74, 6) is 1.92. The first-order valence-corrected chi connectivity index (χ1v) is 9.96. The van der Waals surface area contributed by atoms with Gasteiger partial charge in [0.2, 0.25) is 5.91 Å². The van der Waals surface area contributed by atoms with E-state index in [1.807, 2.05) is 31.2 Å². The maximum atomic E-state index is 12.3. The van der Waals surface area contributed by atoms with Gasteiger partial charge in [-0.3, -0.25) is 14.6 Å². The van der Waals surface area contributed by atoms with Crippen LogP contribution in [0.15, 0.2) is 24.3 Å². The second-order valence-electron chi connectivity index (χ2n) is 7.78. The number of methoxy groups -OCH3 is 1. The second kappa shape index (κ2) is 9.26. The summed E-state index contributed by atoms with van der Waals surface area (Å²) >= 11 is 0. The van der Waals surface area contributed by atoms with E-state index in [-0.39, 0.29) is 5.91 Å². The lowest BCUT2D eigenvalue weighted by atomic mass is 9.98. The lowest BCUT2D eigenvalue weighted by Crippen LogP contribution is -2.53. The van der Waals surface area contributed by atoms with Gasteiger partial charge >= 0.3 is 0 Å².